The fourth-order valence-corrected chi connectivity index (χ4v) is 2.15. The van der Waals surface area contributed by atoms with Crippen LogP contribution in [0.15, 0.2) is 24.3 Å². The van der Waals surface area contributed by atoms with E-state index in [0.29, 0.717) is 13.2 Å². The van der Waals surface area contributed by atoms with Gasteiger partial charge in [-0.1, -0.05) is 25.5 Å². The summed E-state index contributed by atoms with van der Waals surface area (Å²) in [7, 11) is 0. The van der Waals surface area contributed by atoms with E-state index in [2.05, 4.69) is 17.6 Å². The van der Waals surface area contributed by atoms with Crippen LogP contribution in [-0.4, -0.2) is 24.6 Å². The highest BCUT2D eigenvalue weighted by Crippen LogP contribution is 2.13. The Balaban J connectivity index is 2.43. The van der Waals surface area contributed by atoms with E-state index in [1.165, 1.54) is 0 Å². The lowest BCUT2D eigenvalue weighted by Gasteiger charge is -2.18. The summed E-state index contributed by atoms with van der Waals surface area (Å²) < 4.78 is 5.47. The van der Waals surface area contributed by atoms with Crippen LogP contribution < -0.4 is 15.4 Å². The molecule has 1 aromatic rings. The summed E-state index contributed by atoms with van der Waals surface area (Å²) in [6, 6.07) is 7.96. The van der Waals surface area contributed by atoms with Gasteiger partial charge in [0.25, 0.3) is 0 Å². The topological polar surface area (TPSA) is 50.4 Å². The molecule has 0 bridgehead atoms. The van der Waals surface area contributed by atoms with Crippen molar-refractivity contribution in [3.63, 3.8) is 0 Å². The Morgan fingerprint density at radius 1 is 1.29 bits per heavy atom. The van der Waals surface area contributed by atoms with Crippen LogP contribution in [0.5, 0.6) is 5.75 Å². The number of amides is 1. The summed E-state index contributed by atoms with van der Waals surface area (Å²) in [5.41, 5.74) is 1.11. The molecule has 2 unspecified atom stereocenters. The fraction of sp³-hybridized carbons (Fsp3) is 0.588. The van der Waals surface area contributed by atoms with E-state index in [1.54, 1.807) is 0 Å². The van der Waals surface area contributed by atoms with E-state index in [-0.39, 0.29) is 18.0 Å². The monoisotopic (exact) mass is 292 g/mol. The van der Waals surface area contributed by atoms with E-state index in [1.807, 2.05) is 45.0 Å². The quantitative estimate of drug-likeness (QED) is 0.736. The number of benzene rings is 1. The lowest BCUT2D eigenvalue weighted by molar-refractivity contribution is -0.123. The second-order valence-electron chi connectivity index (χ2n) is 5.38. The summed E-state index contributed by atoms with van der Waals surface area (Å²) in [5.74, 6) is 0.919. The van der Waals surface area contributed by atoms with Crippen molar-refractivity contribution in [1.82, 2.24) is 10.6 Å². The van der Waals surface area contributed by atoms with Gasteiger partial charge >= 0.3 is 0 Å². The van der Waals surface area contributed by atoms with Crippen LogP contribution in [0.2, 0.25) is 0 Å². The first-order chi connectivity index (χ1) is 10.1. The zero-order valence-electron chi connectivity index (χ0n) is 13.6. The first-order valence-electron chi connectivity index (χ1n) is 7.82. The van der Waals surface area contributed by atoms with Crippen molar-refractivity contribution in [2.75, 3.05) is 6.61 Å². The molecule has 21 heavy (non-hydrogen) atoms. The van der Waals surface area contributed by atoms with Gasteiger partial charge in [-0.15, -0.1) is 0 Å². The van der Waals surface area contributed by atoms with Gasteiger partial charge in [0, 0.05) is 12.6 Å². The molecule has 0 fully saturated rings. The van der Waals surface area contributed by atoms with E-state index < -0.39 is 0 Å². The number of carbonyl (C=O) groups is 1. The molecule has 0 aliphatic heterocycles. The first-order valence-corrected chi connectivity index (χ1v) is 7.82. The number of ether oxygens (including phenoxy) is 1. The maximum Gasteiger partial charge on any atom is 0.237 e. The third kappa shape index (κ3) is 6.63. The lowest BCUT2D eigenvalue weighted by Crippen LogP contribution is -2.45. The molecular formula is C17H28N2O2. The van der Waals surface area contributed by atoms with Crippen LogP contribution in [0, 0.1) is 0 Å². The van der Waals surface area contributed by atoms with Crippen molar-refractivity contribution in [3.8, 4) is 5.75 Å². The highest BCUT2D eigenvalue weighted by molar-refractivity contribution is 5.81. The standard InChI is InChI=1S/C17H28N2O2/c1-5-8-13(3)19-17(20)14(4)18-12-15-9-7-10-16(11-15)21-6-2/h7,9-11,13-14,18H,5-6,8,12H2,1-4H3,(H,19,20). The van der Waals surface area contributed by atoms with Crippen LogP contribution >= 0.6 is 0 Å². The predicted molar refractivity (Wildman–Crippen MR) is 86.4 cm³/mol. The SMILES string of the molecule is CCCC(C)NC(=O)C(C)NCc1cccc(OCC)c1. The Morgan fingerprint density at radius 2 is 2.05 bits per heavy atom. The fourth-order valence-electron chi connectivity index (χ4n) is 2.15. The van der Waals surface area contributed by atoms with Crippen molar-refractivity contribution in [2.24, 2.45) is 0 Å². The number of rotatable bonds is 9. The molecule has 2 N–H and O–H groups in total. The third-order valence-electron chi connectivity index (χ3n) is 3.33. The molecule has 4 heteroatoms. The molecule has 2 atom stereocenters. The summed E-state index contributed by atoms with van der Waals surface area (Å²) >= 11 is 0. The Kier molecular flexibility index (Phi) is 7.83. The third-order valence-corrected chi connectivity index (χ3v) is 3.33. The molecule has 0 radical (unpaired) electrons. The molecule has 1 amide bonds. The average molecular weight is 292 g/mol. The molecular weight excluding hydrogens is 264 g/mol. The van der Waals surface area contributed by atoms with E-state index >= 15 is 0 Å². The van der Waals surface area contributed by atoms with Gasteiger partial charge in [0.05, 0.1) is 12.6 Å². The number of carbonyl (C=O) groups excluding carboxylic acids is 1. The van der Waals surface area contributed by atoms with Crippen LogP contribution in [0.3, 0.4) is 0 Å². The lowest BCUT2D eigenvalue weighted by atomic mass is 10.1. The van der Waals surface area contributed by atoms with Gasteiger partial charge in [-0.3, -0.25) is 4.79 Å². The Labute approximate surface area is 128 Å². The van der Waals surface area contributed by atoms with E-state index in [9.17, 15) is 4.79 Å². The van der Waals surface area contributed by atoms with Gasteiger partial charge in [0.2, 0.25) is 5.91 Å². The van der Waals surface area contributed by atoms with Gasteiger partial charge in [0.15, 0.2) is 0 Å². The second kappa shape index (κ2) is 9.40. The van der Waals surface area contributed by atoms with Gasteiger partial charge < -0.3 is 15.4 Å². The Bertz CT molecular complexity index is 435. The van der Waals surface area contributed by atoms with Gasteiger partial charge in [-0.25, -0.2) is 0 Å². The average Bonchev–Trinajstić information content (AvgIpc) is 2.45. The molecule has 0 aliphatic rings. The van der Waals surface area contributed by atoms with Crippen LogP contribution in [-0.2, 0) is 11.3 Å². The smallest absolute Gasteiger partial charge is 0.237 e. The molecule has 0 aromatic heterocycles. The Morgan fingerprint density at radius 3 is 2.71 bits per heavy atom. The zero-order chi connectivity index (χ0) is 15.7. The highest BCUT2D eigenvalue weighted by Gasteiger charge is 2.14. The van der Waals surface area contributed by atoms with Crippen molar-refractivity contribution >= 4 is 5.91 Å². The number of hydrogen-bond donors (Lipinski definition) is 2. The summed E-state index contributed by atoms with van der Waals surface area (Å²) in [4.78, 5) is 12.0. The van der Waals surface area contributed by atoms with Crippen LogP contribution in [0.25, 0.3) is 0 Å². The molecule has 0 heterocycles. The maximum absolute atomic E-state index is 12.0. The molecule has 4 nitrogen and oxygen atoms in total. The summed E-state index contributed by atoms with van der Waals surface area (Å²) in [5, 5.41) is 6.27. The minimum absolute atomic E-state index is 0.0527. The maximum atomic E-state index is 12.0. The minimum atomic E-state index is -0.208. The minimum Gasteiger partial charge on any atom is -0.494 e. The van der Waals surface area contributed by atoms with Crippen molar-refractivity contribution in [1.29, 1.82) is 0 Å². The van der Waals surface area contributed by atoms with Crippen LogP contribution in [0.1, 0.15) is 46.1 Å². The van der Waals surface area contributed by atoms with Crippen LogP contribution in [0.4, 0.5) is 0 Å². The first kappa shape index (κ1) is 17.5. The molecule has 1 aromatic carbocycles. The molecule has 118 valence electrons. The molecule has 0 spiro atoms. The molecule has 0 saturated heterocycles. The molecule has 0 saturated carbocycles. The van der Waals surface area contributed by atoms with Crippen molar-refractivity contribution in [2.45, 2.75) is 59.2 Å². The van der Waals surface area contributed by atoms with Gasteiger partial charge in [0.1, 0.15) is 5.75 Å². The largest absolute Gasteiger partial charge is 0.494 e. The normalized spacial score (nSPS) is 13.5. The Hall–Kier alpha value is -1.55. The predicted octanol–water partition coefficient (Wildman–Crippen LogP) is 2.87. The molecule has 1 rings (SSSR count). The van der Waals surface area contributed by atoms with Crippen molar-refractivity contribution in [3.05, 3.63) is 29.8 Å². The van der Waals surface area contributed by atoms with Gasteiger partial charge in [-0.2, -0.15) is 0 Å². The number of hydrogen-bond acceptors (Lipinski definition) is 3. The summed E-state index contributed by atoms with van der Waals surface area (Å²) in [6.07, 6.45) is 2.09. The second-order valence-corrected chi connectivity index (χ2v) is 5.38. The highest BCUT2D eigenvalue weighted by atomic mass is 16.5. The summed E-state index contributed by atoms with van der Waals surface area (Å²) in [6.45, 7) is 9.33. The van der Waals surface area contributed by atoms with E-state index in [4.69, 9.17) is 4.74 Å². The number of nitrogens with one attached hydrogen (secondary N) is 2. The van der Waals surface area contributed by atoms with E-state index in [0.717, 1.165) is 24.2 Å². The zero-order valence-corrected chi connectivity index (χ0v) is 13.6. The molecule has 0 aliphatic carbocycles. The van der Waals surface area contributed by atoms with Crippen molar-refractivity contribution < 1.29 is 9.53 Å². The van der Waals surface area contributed by atoms with Gasteiger partial charge in [-0.05, 0) is 44.9 Å².